The second-order valence-corrected chi connectivity index (χ2v) is 7.16. The van der Waals surface area contributed by atoms with Crippen LogP contribution >= 0.6 is 11.6 Å². The molecule has 0 fully saturated rings. The Morgan fingerprint density at radius 2 is 1.59 bits per heavy atom. The smallest absolute Gasteiger partial charge is 0.339 e. The van der Waals surface area contributed by atoms with Gasteiger partial charge in [0.2, 0.25) is 0 Å². The van der Waals surface area contributed by atoms with Gasteiger partial charge in [0.1, 0.15) is 5.56 Å². The molecule has 0 radical (unpaired) electrons. The molecule has 1 N–H and O–H groups in total. The lowest BCUT2D eigenvalue weighted by atomic mass is 10.0. The first kappa shape index (κ1) is 19.0. The third-order valence-corrected chi connectivity index (χ3v) is 5.00. The van der Waals surface area contributed by atoms with E-state index in [1.165, 1.54) is 0 Å². The molecule has 0 unspecified atom stereocenters. The average molecular weight is 403 g/mol. The summed E-state index contributed by atoms with van der Waals surface area (Å²) in [5.74, 6) is -0.986. The third kappa shape index (κ3) is 4.08. The van der Waals surface area contributed by atoms with E-state index in [1.807, 2.05) is 72.8 Å². The first-order chi connectivity index (χ1) is 14.1. The lowest BCUT2D eigenvalue weighted by Gasteiger charge is -2.09. The van der Waals surface area contributed by atoms with Gasteiger partial charge in [0.05, 0.1) is 17.1 Å². The van der Waals surface area contributed by atoms with E-state index in [2.05, 4.69) is 0 Å². The summed E-state index contributed by atoms with van der Waals surface area (Å²) in [5.41, 5.74) is 4.01. The molecular weight excluding hydrogens is 384 g/mol. The van der Waals surface area contributed by atoms with Gasteiger partial charge in [0.15, 0.2) is 0 Å². The standard InChI is InChI=1S/C24H19ClN2O2/c25-19-12-7-13-20(16-19)27-23(18-10-5-2-6-11-18)22(24(28)29)21(26-27)15-14-17-8-3-1-4-9-17/h1-13,16H,14-15H2,(H,28,29). The van der Waals surface area contributed by atoms with Crippen LogP contribution in [0.1, 0.15) is 21.6 Å². The predicted molar refractivity (Wildman–Crippen MR) is 115 cm³/mol. The first-order valence-electron chi connectivity index (χ1n) is 9.34. The van der Waals surface area contributed by atoms with Crippen LogP contribution in [0.3, 0.4) is 0 Å². The molecule has 144 valence electrons. The SMILES string of the molecule is O=C(O)c1c(CCc2ccccc2)nn(-c2cccc(Cl)c2)c1-c1ccccc1. The summed E-state index contributed by atoms with van der Waals surface area (Å²) in [4.78, 5) is 12.3. The molecule has 0 aliphatic carbocycles. The van der Waals surface area contributed by atoms with Crippen LogP contribution in [0, 0.1) is 0 Å². The average Bonchev–Trinajstić information content (AvgIpc) is 3.13. The number of hydrogen-bond donors (Lipinski definition) is 1. The van der Waals surface area contributed by atoms with E-state index in [0.717, 1.165) is 16.8 Å². The summed E-state index contributed by atoms with van der Waals surface area (Å²) in [6.45, 7) is 0. The van der Waals surface area contributed by atoms with Crippen LogP contribution < -0.4 is 0 Å². The van der Waals surface area contributed by atoms with E-state index >= 15 is 0 Å². The van der Waals surface area contributed by atoms with Crippen molar-refractivity contribution in [3.05, 3.63) is 107 Å². The molecule has 4 aromatic rings. The zero-order chi connectivity index (χ0) is 20.2. The molecule has 0 amide bonds. The summed E-state index contributed by atoms with van der Waals surface area (Å²) in [7, 11) is 0. The van der Waals surface area contributed by atoms with Gasteiger partial charge < -0.3 is 5.11 Å². The molecule has 4 rings (SSSR count). The molecule has 0 bridgehead atoms. The number of carbonyl (C=O) groups is 1. The Hall–Kier alpha value is -3.37. The number of halogens is 1. The highest BCUT2D eigenvalue weighted by molar-refractivity contribution is 6.30. The Morgan fingerprint density at radius 3 is 2.24 bits per heavy atom. The molecule has 29 heavy (non-hydrogen) atoms. The number of carboxylic acids is 1. The van der Waals surface area contributed by atoms with Gasteiger partial charge in [0, 0.05) is 10.6 Å². The summed E-state index contributed by atoms with van der Waals surface area (Å²) in [6.07, 6.45) is 1.24. The van der Waals surface area contributed by atoms with Gasteiger partial charge in [-0.2, -0.15) is 5.10 Å². The quantitative estimate of drug-likeness (QED) is 0.451. The highest BCUT2D eigenvalue weighted by Gasteiger charge is 2.25. The molecule has 0 spiro atoms. The van der Waals surface area contributed by atoms with Crippen LogP contribution in [-0.2, 0) is 12.8 Å². The van der Waals surface area contributed by atoms with Gasteiger partial charge in [-0.05, 0) is 36.6 Å². The minimum absolute atomic E-state index is 0.229. The number of nitrogens with zero attached hydrogens (tertiary/aromatic N) is 2. The second-order valence-electron chi connectivity index (χ2n) is 6.72. The van der Waals surface area contributed by atoms with E-state index < -0.39 is 5.97 Å². The highest BCUT2D eigenvalue weighted by Crippen LogP contribution is 2.30. The van der Waals surface area contributed by atoms with Crippen LogP contribution in [0.4, 0.5) is 0 Å². The van der Waals surface area contributed by atoms with Crippen molar-refractivity contribution in [2.24, 2.45) is 0 Å². The number of carboxylic acid groups (broad SMARTS) is 1. The highest BCUT2D eigenvalue weighted by atomic mass is 35.5. The van der Waals surface area contributed by atoms with E-state index in [1.54, 1.807) is 16.8 Å². The lowest BCUT2D eigenvalue weighted by Crippen LogP contribution is -2.04. The summed E-state index contributed by atoms with van der Waals surface area (Å²) < 4.78 is 1.69. The maximum absolute atomic E-state index is 12.3. The van der Waals surface area contributed by atoms with Crippen molar-refractivity contribution < 1.29 is 9.90 Å². The topological polar surface area (TPSA) is 55.1 Å². The van der Waals surface area contributed by atoms with Crippen molar-refractivity contribution in [3.63, 3.8) is 0 Å². The molecule has 0 aliphatic heterocycles. The van der Waals surface area contributed by atoms with Crippen molar-refractivity contribution in [2.75, 3.05) is 0 Å². The Balaban J connectivity index is 1.86. The van der Waals surface area contributed by atoms with Gasteiger partial charge >= 0.3 is 5.97 Å². The van der Waals surface area contributed by atoms with Crippen molar-refractivity contribution in [1.29, 1.82) is 0 Å². The number of aromatic nitrogens is 2. The van der Waals surface area contributed by atoms with E-state index in [9.17, 15) is 9.90 Å². The Morgan fingerprint density at radius 1 is 0.897 bits per heavy atom. The molecule has 0 atom stereocenters. The van der Waals surface area contributed by atoms with Crippen molar-refractivity contribution in [3.8, 4) is 16.9 Å². The molecule has 5 heteroatoms. The van der Waals surface area contributed by atoms with E-state index in [4.69, 9.17) is 16.7 Å². The Labute approximate surface area is 174 Å². The number of rotatable bonds is 6. The van der Waals surface area contributed by atoms with Crippen LogP contribution in [0.2, 0.25) is 5.02 Å². The maximum Gasteiger partial charge on any atom is 0.339 e. The zero-order valence-electron chi connectivity index (χ0n) is 15.6. The van der Waals surface area contributed by atoms with Crippen molar-refractivity contribution in [2.45, 2.75) is 12.8 Å². The summed E-state index contributed by atoms with van der Waals surface area (Å²) in [6, 6.07) is 26.7. The largest absolute Gasteiger partial charge is 0.478 e. The Bertz CT molecular complexity index is 1140. The zero-order valence-corrected chi connectivity index (χ0v) is 16.4. The van der Waals surface area contributed by atoms with Crippen LogP contribution in [0.15, 0.2) is 84.9 Å². The van der Waals surface area contributed by atoms with Crippen LogP contribution in [-0.4, -0.2) is 20.9 Å². The molecule has 0 saturated heterocycles. The monoisotopic (exact) mass is 402 g/mol. The lowest BCUT2D eigenvalue weighted by molar-refractivity contribution is 0.0696. The molecule has 0 aliphatic rings. The fourth-order valence-corrected chi connectivity index (χ4v) is 3.61. The van der Waals surface area contributed by atoms with Crippen LogP contribution in [0.25, 0.3) is 16.9 Å². The van der Waals surface area contributed by atoms with Crippen molar-refractivity contribution >= 4 is 17.6 Å². The maximum atomic E-state index is 12.3. The van der Waals surface area contributed by atoms with E-state index in [0.29, 0.717) is 29.3 Å². The second kappa shape index (κ2) is 8.33. The third-order valence-electron chi connectivity index (χ3n) is 4.77. The Kier molecular flexibility index (Phi) is 5.45. The van der Waals surface area contributed by atoms with Gasteiger partial charge in [-0.15, -0.1) is 0 Å². The summed E-state index contributed by atoms with van der Waals surface area (Å²) in [5, 5.41) is 15.3. The molecule has 4 nitrogen and oxygen atoms in total. The van der Waals surface area contributed by atoms with E-state index in [-0.39, 0.29) is 5.56 Å². The molecule has 0 saturated carbocycles. The number of benzene rings is 3. The van der Waals surface area contributed by atoms with Gasteiger partial charge in [-0.3, -0.25) is 0 Å². The number of aromatic carboxylic acids is 1. The van der Waals surface area contributed by atoms with Gasteiger partial charge in [0.25, 0.3) is 0 Å². The normalized spacial score (nSPS) is 10.8. The molecular formula is C24H19ClN2O2. The molecule has 1 aromatic heterocycles. The summed E-state index contributed by atoms with van der Waals surface area (Å²) >= 11 is 6.19. The number of aryl methyl sites for hydroxylation is 2. The minimum Gasteiger partial charge on any atom is -0.478 e. The first-order valence-corrected chi connectivity index (χ1v) is 9.72. The fraction of sp³-hybridized carbons (Fsp3) is 0.0833. The fourth-order valence-electron chi connectivity index (χ4n) is 3.43. The molecule has 1 heterocycles. The number of hydrogen-bond acceptors (Lipinski definition) is 2. The van der Waals surface area contributed by atoms with Crippen LogP contribution in [0.5, 0.6) is 0 Å². The van der Waals surface area contributed by atoms with Crippen molar-refractivity contribution in [1.82, 2.24) is 9.78 Å². The minimum atomic E-state index is -0.986. The predicted octanol–water partition coefficient (Wildman–Crippen LogP) is 5.68. The van der Waals surface area contributed by atoms with Gasteiger partial charge in [-0.25, -0.2) is 9.48 Å². The van der Waals surface area contributed by atoms with Gasteiger partial charge in [-0.1, -0.05) is 78.3 Å². The molecule has 3 aromatic carbocycles.